The zero-order valence-corrected chi connectivity index (χ0v) is 14.2. The summed E-state index contributed by atoms with van der Waals surface area (Å²) < 4.78 is 6.04. The van der Waals surface area contributed by atoms with Crippen molar-refractivity contribution in [3.05, 3.63) is 35.4 Å². The van der Waals surface area contributed by atoms with E-state index < -0.39 is 21.4 Å². The van der Waals surface area contributed by atoms with E-state index in [-0.39, 0.29) is 28.6 Å². The van der Waals surface area contributed by atoms with Gasteiger partial charge in [0.1, 0.15) is 0 Å². The second-order valence-corrected chi connectivity index (χ2v) is 11.8. The lowest BCUT2D eigenvalue weighted by atomic mass is 10.1. The van der Waals surface area contributed by atoms with Crippen LogP contribution in [0.3, 0.4) is 0 Å². The van der Waals surface area contributed by atoms with Crippen LogP contribution in [0.1, 0.15) is 48.4 Å². The second kappa shape index (κ2) is 8.22. The first kappa shape index (κ1) is 21.3. The fraction of sp³-hybridized carbons (Fsp3) is 0.500. The number of rotatable bonds is 7. The number of carboxylic acid groups (broad SMARTS) is 1. The van der Waals surface area contributed by atoms with E-state index in [1.807, 2.05) is 0 Å². The zero-order valence-electron chi connectivity index (χ0n) is 13.3. The van der Waals surface area contributed by atoms with Crippen LogP contribution in [0.2, 0.25) is 0 Å². The maximum atomic E-state index is 12.5. The van der Waals surface area contributed by atoms with Gasteiger partial charge >= 0.3 is 35.0 Å². The molecule has 0 atom stereocenters. The molecule has 0 heterocycles. The van der Waals surface area contributed by atoms with Crippen LogP contribution in [0.4, 0.5) is 0 Å². The number of hydrogen-bond acceptors (Lipinski definition) is 3. The van der Waals surface area contributed by atoms with Crippen molar-refractivity contribution < 1.29 is 18.9 Å². The SMILES string of the molecule is CC[SH](CC)(CC)(CC)OC(=O)c1cccc(C(=O)O)c1.[MgH2]. The Balaban J connectivity index is 0.00000441. The molecule has 0 unspecified atom stereocenters. The van der Waals surface area contributed by atoms with Gasteiger partial charge in [-0.15, -0.1) is 0 Å². The van der Waals surface area contributed by atoms with Crippen molar-refractivity contribution in [2.45, 2.75) is 27.7 Å². The molecule has 0 spiro atoms. The van der Waals surface area contributed by atoms with Gasteiger partial charge in [0.15, 0.2) is 0 Å². The number of carbonyl (C=O) groups is 2. The van der Waals surface area contributed by atoms with Gasteiger partial charge in [0.25, 0.3) is 0 Å². The van der Waals surface area contributed by atoms with E-state index in [0.29, 0.717) is 5.56 Å². The Hall–Kier alpha value is -0.724. The van der Waals surface area contributed by atoms with E-state index in [4.69, 9.17) is 9.29 Å². The van der Waals surface area contributed by atoms with Gasteiger partial charge in [0, 0.05) is 0 Å². The Labute approximate surface area is 149 Å². The summed E-state index contributed by atoms with van der Waals surface area (Å²) in [5.41, 5.74) is 0.415. The highest BCUT2D eigenvalue weighted by Gasteiger charge is 2.37. The van der Waals surface area contributed by atoms with Crippen molar-refractivity contribution in [3.8, 4) is 0 Å². The van der Waals surface area contributed by atoms with Gasteiger partial charge < -0.3 is 9.29 Å². The highest BCUT2D eigenvalue weighted by molar-refractivity contribution is 8.46. The minimum absolute atomic E-state index is 0. The van der Waals surface area contributed by atoms with Crippen molar-refractivity contribution in [1.29, 1.82) is 0 Å². The van der Waals surface area contributed by atoms with Gasteiger partial charge in [-0.3, -0.25) is 0 Å². The molecule has 0 aromatic heterocycles. The Morgan fingerprint density at radius 2 is 1.45 bits per heavy atom. The van der Waals surface area contributed by atoms with E-state index in [2.05, 4.69) is 27.7 Å². The standard InChI is InChI=1S/C16H26O4S.Mg.2H/c1-5-21(6-2,7-3,8-4)20-16(19)14-11-9-10-13(12-14)15(17)18;;;/h9-12,21H,5-8H2,1-4H3,(H,17,18);;;. The lowest BCUT2D eigenvalue weighted by Crippen LogP contribution is -2.33. The summed E-state index contributed by atoms with van der Waals surface area (Å²) in [4.78, 5) is 23.5. The minimum atomic E-state index is -2.51. The summed E-state index contributed by atoms with van der Waals surface area (Å²) in [6.45, 7) is 8.31. The van der Waals surface area contributed by atoms with Crippen LogP contribution in [0, 0.1) is 0 Å². The van der Waals surface area contributed by atoms with Crippen LogP contribution in [-0.4, -0.2) is 63.1 Å². The number of thiol groups is 1. The predicted octanol–water partition coefficient (Wildman–Crippen LogP) is 2.69. The van der Waals surface area contributed by atoms with Gasteiger partial charge in [-0.1, -0.05) is 33.8 Å². The molecule has 22 heavy (non-hydrogen) atoms. The van der Waals surface area contributed by atoms with Gasteiger partial charge in [-0.05, 0) is 41.2 Å². The molecule has 0 saturated heterocycles. The third-order valence-electron chi connectivity index (χ3n) is 4.89. The maximum absolute atomic E-state index is 12.5. The van der Waals surface area contributed by atoms with E-state index in [0.717, 1.165) is 23.0 Å². The summed E-state index contributed by atoms with van der Waals surface area (Å²) in [7, 11) is -2.51. The van der Waals surface area contributed by atoms with Gasteiger partial charge in [-0.2, -0.15) is 9.44 Å². The van der Waals surface area contributed by atoms with Gasteiger partial charge in [0.2, 0.25) is 0 Å². The Morgan fingerprint density at radius 3 is 1.86 bits per heavy atom. The van der Waals surface area contributed by atoms with Crippen molar-refractivity contribution in [2.24, 2.45) is 0 Å². The van der Waals surface area contributed by atoms with Crippen LogP contribution >= 0.6 is 9.44 Å². The molecule has 0 amide bonds. The highest BCUT2D eigenvalue weighted by Crippen LogP contribution is 2.69. The van der Waals surface area contributed by atoms with Crippen molar-refractivity contribution in [2.75, 3.05) is 23.0 Å². The second-order valence-electron chi connectivity index (χ2n) is 5.39. The largest absolute Gasteiger partial charge is 0.478 e. The van der Waals surface area contributed by atoms with Gasteiger partial charge in [-0.25, -0.2) is 9.59 Å². The molecule has 1 aromatic rings. The molecule has 124 valence electrons. The Kier molecular flexibility index (Phi) is 7.95. The van der Waals surface area contributed by atoms with E-state index in [1.54, 1.807) is 12.1 Å². The third-order valence-corrected chi connectivity index (χ3v) is 12.0. The molecule has 0 bridgehead atoms. The normalized spacial score (nSPS) is 12.6. The Morgan fingerprint density at radius 1 is 1.00 bits per heavy atom. The summed E-state index contributed by atoms with van der Waals surface area (Å²) in [6.07, 6.45) is 0. The first-order valence-electron chi connectivity index (χ1n) is 7.43. The predicted molar refractivity (Wildman–Crippen MR) is 98.5 cm³/mol. The summed E-state index contributed by atoms with van der Waals surface area (Å²) >= 11 is 0. The molecule has 1 rings (SSSR count). The number of hydrogen-bond donors (Lipinski definition) is 2. The van der Waals surface area contributed by atoms with Crippen LogP contribution in [0.15, 0.2) is 24.3 Å². The number of benzene rings is 1. The van der Waals surface area contributed by atoms with E-state index >= 15 is 0 Å². The van der Waals surface area contributed by atoms with E-state index in [9.17, 15) is 9.59 Å². The molecular weight excluding hydrogens is 313 g/mol. The average Bonchev–Trinajstić information content (AvgIpc) is 2.53. The summed E-state index contributed by atoms with van der Waals surface area (Å²) in [5, 5.41) is 9.02. The molecule has 1 N–H and O–H groups in total. The summed E-state index contributed by atoms with van der Waals surface area (Å²) in [6, 6.07) is 6.03. The lowest BCUT2D eigenvalue weighted by Gasteiger charge is -2.59. The first-order valence-corrected chi connectivity index (χ1v) is 10.3. The number of carboxylic acids is 1. The fourth-order valence-corrected chi connectivity index (χ4v) is 6.44. The monoisotopic (exact) mass is 340 g/mol. The van der Waals surface area contributed by atoms with Crippen LogP contribution in [0.25, 0.3) is 0 Å². The highest BCUT2D eigenvalue weighted by atomic mass is 32.3. The van der Waals surface area contributed by atoms with Crippen molar-refractivity contribution >= 4 is 44.4 Å². The molecule has 1 aromatic carbocycles. The smallest absolute Gasteiger partial charge is 0.347 e. The minimum Gasteiger partial charge on any atom is -0.478 e. The summed E-state index contributed by atoms with van der Waals surface area (Å²) in [5.74, 6) is 2.00. The average molecular weight is 341 g/mol. The molecule has 0 aliphatic heterocycles. The molecule has 0 radical (unpaired) electrons. The quantitative estimate of drug-likeness (QED) is 0.592. The fourth-order valence-electron chi connectivity index (χ4n) is 2.67. The molecule has 0 aliphatic carbocycles. The number of aromatic carboxylic acids is 1. The van der Waals surface area contributed by atoms with Crippen LogP contribution in [-0.2, 0) is 4.18 Å². The maximum Gasteiger partial charge on any atom is 0.347 e. The first-order chi connectivity index (χ1) is 9.85. The molecule has 0 aliphatic rings. The van der Waals surface area contributed by atoms with Gasteiger partial charge in [0.05, 0.1) is 11.1 Å². The lowest BCUT2D eigenvalue weighted by molar-refractivity contribution is 0.0697. The third kappa shape index (κ3) is 4.17. The molecule has 6 heteroatoms. The van der Waals surface area contributed by atoms with E-state index in [1.165, 1.54) is 12.1 Å². The molecule has 0 saturated carbocycles. The number of carbonyl (C=O) groups excluding carboxylic acids is 1. The molecular formula is C16H28MgO4S. The topological polar surface area (TPSA) is 63.6 Å². The molecule has 4 nitrogen and oxygen atoms in total. The van der Waals surface area contributed by atoms with Crippen molar-refractivity contribution in [3.63, 3.8) is 0 Å². The van der Waals surface area contributed by atoms with Crippen LogP contribution in [0.5, 0.6) is 0 Å². The zero-order chi connectivity index (χ0) is 16.1. The van der Waals surface area contributed by atoms with Crippen LogP contribution < -0.4 is 0 Å². The van der Waals surface area contributed by atoms with Crippen molar-refractivity contribution in [1.82, 2.24) is 0 Å². The molecule has 0 fully saturated rings. The Bertz CT molecular complexity index is 517.